The molecule has 0 saturated heterocycles. The molecule has 2 aromatic rings. The van der Waals surface area contributed by atoms with Crippen molar-refractivity contribution in [1.29, 1.82) is 0 Å². The van der Waals surface area contributed by atoms with Gasteiger partial charge < -0.3 is 10.3 Å². The van der Waals surface area contributed by atoms with Crippen molar-refractivity contribution >= 4 is 15.7 Å². The average molecular weight is 299 g/mol. The average Bonchev–Trinajstić information content (AvgIpc) is 2.74. The van der Waals surface area contributed by atoms with Gasteiger partial charge in [0.05, 0.1) is 17.9 Å². The summed E-state index contributed by atoms with van der Waals surface area (Å²) >= 11 is 0. The second kappa shape index (κ2) is 5.22. The summed E-state index contributed by atoms with van der Waals surface area (Å²) in [5, 5.41) is 3.70. The largest absolute Gasteiger partial charge is 0.398 e. The number of aryl methyl sites for hydroxylation is 1. The lowest BCUT2D eigenvalue weighted by Crippen LogP contribution is -2.28. The molecule has 8 heteroatoms. The van der Waals surface area contributed by atoms with Crippen molar-refractivity contribution in [1.82, 2.24) is 9.46 Å². The topological polar surface area (TPSA) is 89.4 Å². The Morgan fingerprint density at radius 3 is 2.70 bits per heavy atom. The van der Waals surface area contributed by atoms with E-state index in [0.29, 0.717) is 11.5 Å². The van der Waals surface area contributed by atoms with Gasteiger partial charge in [0, 0.05) is 13.1 Å². The number of nitrogens with zero attached hydrogens (tertiary/aromatic N) is 2. The fourth-order valence-electron chi connectivity index (χ4n) is 1.76. The molecular formula is C12H14FN3O3S. The van der Waals surface area contributed by atoms with Gasteiger partial charge in [0.2, 0.25) is 10.0 Å². The van der Waals surface area contributed by atoms with Gasteiger partial charge in [0.15, 0.2) is 0 Å². The molecular weight excluding hydrogens is 285 g/mol. The number of sulfonamides is 1. The minimum absolute atomic E-state index is 0.0343. The Morgan fingerprint density at radius 1 is 1.45 bits per heavy atom. The number of benzene rings is 1. The molecule has 2 N–H and O–H groups in total. The molecule has 0 atom stereocenters. The maximum Gasteiger partial charge on any atom is 0.248 e. The lowest BCUT2D eigenvalue weighted by atomic mass is 10.3. The maximum atomic E-state index is 13.7. The molecule has 0 amide bonds. The minimum Gasteiger partial charge on any atom is -0.398 e. The highest BCUT2D eigenvalue weighted by molar-refractivity contribution is 7.89. The molecule has 6 nitrogen and oxygen atoms in total. The number of nitrogens with two attached hydrogens (primary N) is 1. The SMILES string of the molecule is Cc1cc(CN(C)S(=O)(=O)c2c(N)cccc2F)no1. The van der Waals surface area contributed by atoms with Gasteiger partial charge in [-0.25, -0.2) is 12.8 Å². The summed E-state index contributed by atoms with van der Waals surface area (Å²) in [5.74, 6) is -0.315. The Hall–Kier alpha value is -1.93. The Morgan fingerprint density at radius 2 is 2.15 bits per heavy atom. The Kier molecular flexibility index (Phi) is 3.78. The monoisotopic (exact) mass is 299 g/mol. The quantitative estimate of drug-likeness (QED) is 0.865. The lowest BCUT2D eigenvalue weighted by molar-refractivity contribution is 0.377. The summed E-state index contributed by atoms with van der Waals surface area (Å²) in [7, 11) is -2.71. The summed E-state index contributed by atoms with van der Waals surface area (Å²) in [6, 6.07) is 5.35. The highest BCUT2D eigenvalue weighted by Crippen LogP contribution is 2.25. The fourth-order valence-corrected chi connectivity index (χ4v) is 3.05. The van der Waals surface area contributed by atoms with Crippen molar-refractivity contribution in [2.45, 2.75) is 18.4 Å². The molecule has 0 unspecified atom stereocenters. The van der Waals surface area contributed by atoms with E-state index >= 15 is 0 Å². The van der Waals surface area contributed by atoms with E-state index in [1.165, 1.54) is 19.2 Å². The molecule has 1 aromatic carbocycles. The second-order valence-electron chi connectivity index (χ2n) is 4.35. The van der Waals surface area contributed by atoms with Crippen LogP contribution < -0.4 is 5.73 Å². The van der Waals surface area contributed by atoms with Crippen LogP contribution in [0, 0.1) is 12.7 Å². The molecule has 20 heavy (non-hydrogen) atoms. The van der Waals surface area contributed by atoms with Crippen LogP contribution in [0.1, 0.15) is 11.5 Å². The summed E-state index contributed by atoms with van der Waals surface area (Å²) in [4.78, 5) is -0.525. The van der Waals surface area contributed by atoms with Gasteiger partial charge >= 0.3 is 0 Å². The summed E-state index contributed by atoms with van der Waals surface area (Å²) in [5.41, 5.74) is 5.87. The van der Waals surface area contributed by atoms with E-state index in [2.05, 4.69) is 5.16 Å². The first-order valence-corrected chi connectivity index (χ1v) is 7.19. The number of hydrogen-bond donors (Lipinski definition) is 1. The molecule has 0 aliphatic heterocycles. The fraction of sp³-hybridized carbons (Fsp3) is 0.250. The van der Waals surface area contributed by atoms with Crippen LogP contribution in [0.2, 0.25) is 0 Å². The van der Waals surface area contributed by atoms with Crippen LogP contribution in [0.25, 0.3) is 0 Å². The molecule has 0 bridgehead atoms. The molecule has 1 heterocycles. The van der Waals surface area contributed by atoms with Crippen LogP contribution >= 0.6 is 0 Å². The zero-order chi connectivity index (χ0) is 14.9. The predicted molar refractivity (Wildman–Crippen MR) is 70.7 cm³/mol. The first-order chi connectivity index (χ1) is 9.32. The standard InChI is InChI=1S/C12H14FN3O3S/c1-8-6-9(15-19-8)7-16(2)20(17,18)12-10(13)4-3-5-11(12)14/h3-6H,7,14H2,1-2H3. The van der Waals surface area contributed by atoms with Crippen LogP contribution in [0.4, 0.5) is 10.1 Å². The molecule has 0 radical (unpaired) electrons. The predicted octanol–water partition coefficient (Wildman–Crippen LogP) is 1.53. The third-order valence-corrected chi connectivity index (χ3v) is 4.62. The number of anilines is 1. The van der Waals surface area contributed by atoms with Gasteiger partial charge in [0.25, 0.3) is 0 Å². The zero-order valence-electron chi connectivity index (χ0n) is 11.0. The Bertz CT molecular complexity index is 707. The van der Waals surface area contributed by atoms with Gasteiger partial charge in [0.1, 0.15) is 16.5 Å². The van der Waals surface area contributed by atoms with Crippen LogP contribution in [-0.2, 0) is 16.6 Å². The van der Waals surface area contributed by atoms with E-state index in [1.54, 1.807) is 13.0 Å². The molecule has 0 fully saturated rings. The van der Waals surface area contributed by atoms with E-state index in [1.807, 2.05) is 0 Å². The first kappa shape index (κ1) is 14.5. The van der Waals surface area contributed by atoms with Crippen molar-refractivity contribution < 1.29 is 17.3 Å². The van der Waals surface area contributed by atoms with Gasteiger partial charge in [-0.05, 0) is 19.1 Å². The molecule has 2 rings (SSSR count). The van der Waals surface area contributed by atoms with E-state index in [0.717, 1.165) is 10.4 Å². The molecule has 1 aromatic heterocycles. The minimum atomic E-state index is -4.04. The molecule has 0 saturated carbocycles. The smallest absolute Gasteiger partial charge is 0.248 e. The van der Waals surface area contributed by atoms with Crippen LogP contribution in [0.3, 0.4) is 0 Å². The molecule has 108 valence electrons. The van der Waals surface area contributed by atoms with Crippen LogP contribution in [0.15, 0.2) is 33.7 Å². The summed E-state index contributed by atoms with van der Waals surface area (Å²) in [6.45, 7) is 1.66. The zero-order valence-corrected chi connectivity index (χ0v) is 11.8. The van der Waals surface area contributed by atoms with Crippen molar-refractivity contribution in [3.8, 4) is 0 Å². The highest BCUT2D eigenvalue weighted by Gasteiger charge is 2.27. The van der Waals surface area contributed by atoms with Gasteiger partial charge in [-0.1, -0.05) is 11.2 Å². The highest BCUT2D eigenvalue weighted by atomic mass is 32.2. The van der Waals surface area contributed by atoms with Crippen molar-refractivity contribution in [3.05, 3.63) is 41.5 Å². The first-order valence-electron chi connectivity index (χ1n) is 5.75. The van der Waals surface area contributed by atoms with E-state index in [-0.39, 0.29) is 12.2 Å². The number of halogens is 1. The van der Waals surface area contributed by atoms with Gasteiger partial charge in [-0.3, -0.25) is 0 Å². The van der Waals surface area contributed by atoms with E-state index < -0.39 is 20.7 Å². The second-order valence-corrected chi connectivity index (χ2v) is 6.33. The van der Waals surface area contributed by atoms with E-state index in [9.17, 15) is 12.8 Å². The third-order valence-electron chi connectivity index (χ3n) is 2.73. The Labute approximate surface area is 116 Å². The maximum absolute atomic E-state index is 13.7. The lowest BCUT2D eigenvalue weighted by Gasteiger charge is -2.17. The number of aromatic nitrogens is 1. The summed E-state index contributed by atoms with van der Waals surface area (Å²) < 4.78 is 44.2. The van der Waals surface area contributed by atoms with Gasteiger partial charge in [-0.2, -0.15) is 4.31 Å². The third kappa shape index (κ3) is 2.66. The summed E-state index contributed by atoms with van der Waals surface area (Å²) in [6.07, 6.45) is 0. The number of nitrogen functional groups attached to an aromatic ring is 1. The Balaban J connectivity index is 2.35. The molecule has 0 spiro atoms. The van der Waals surface area contributed by atoms with Crippen molar-refractivity contribution in [3.63, 3.8) is 0 Å². The number of rotatable bonds is 4. The molecule has 0 aliphatic carbocycles. The van der Waals surface area contributed by atoms with Crippen LogP contribution in [0.5, 0.6) is 0 Å². The normalized spacial score (nSPS) is 12.0. The van der Waals surface area contributed by atoms with Crippen molar-refractivity contribution in [2.75, 3.05) is 12.8 Å². The van der Waals surface area contributed by atoms with Gasteiger partial charge in [-0.15, -0.1) is 0 Å². The molecule has 0 aliphatic rings. The van der Waals surface area contributed by atoms with Crippen molar-refractivity contribution in [2.24, 2.45) is 0 Å². The number of hydrogen-bond acceptors (Lipinski definition) is 5. The van der Waals surface area contributed by atoms with E-state index in [4.69, 9.17) is 10.3 Å². The van der Waals surface area contributed by atoms with Crippen LogP contribution in [-0.4, -0.2) is 24.9 Å².